The van der Waals surface area contributed by atoms with E-state index in [-0.39, 0.29) is 39.7 Å². The van der Waals surface area contributed by atoms with Gasteiger partial charge in [-0.1, -0.05) is 53.5 Å². The first-order valence-corrected chi connectivity index (χ1v) is 13.3. The van der Waals surface area contributed by atoms with Crippen molar-refractivity contribution in [3.63, 3.8) is 0 Å². The molecule has 0 saturated carbocycles. The minimum Gasteiger partial charge on any atom is -0.481 e. The lowest BCUT2D eigenvalue weighted by Crippen LogP contribution is -2.43. The first-order chi connectivity index (χ1) is 19.5. The Balaban J connectivity index is 1.32. The van der Waals surface area contributed by atoms with Crippen molar-refractivity contribution in [3.8, 4) is 17.3 Å². The van der Waals surface area contributed by atoms with Crippen molar-refractivity contribution >= 4 is 57.2 Å². The highest BCUT2D eigenvalue weighted by molar-refractivity contribution is 6.37. The fourth-order valence-corrected chi connectivity index (χ4v) is 5.05. The number of morpholine rings is 1. The smallest absolute Gasteiger partial charge is 0.282 e. The highest BCUT2D eigenvalue weighted by Gasteiger charge is 2.19. The summed E-state index contributed by atoms with van der Waals surface area (Å²) >= 11 is 12.9. The van der Waals surface area contributed by atoms with Crippen molar-refractivity contribution < 1.29 is 18.7 Å². The molecule has 1 saturated heterocycles. The minimum absolute atomic E-state index is 0.178. The van der Waals surface area contributed by atoms with Gasteiger partial charge in [0.05, 0.1) is 40.4 Å². The van der Waals surface area contributed by atoms with Gasteiger partial charge in [-0.25, -0.2) is 4.98 Å². The predicted molar refractivity (Wildman–Crippen MR) is 154 cm³/mol. The van der Waals surface area contributed by atoms with Crippen molar-refractivity contribution in [3.05, 3.63) is 92.7 Å². The van der Waals surface area contributed by atoms with Crippen LogP contribution in [-0.4, -0.2) is 59.6 Å². The largest absolute Gasteiger partial charge is 0.481 e. The number of amides is 1. The van der Waals surface area contributed by atoms with E-state index in [4.69, 9.17) is 37.1 Å². The van der Waals surface area contributed by atoms with Crippen molar-refractivity contribution in [2.75, 3.05) is 32.9 Å². The molecule has 3 aromatic carbocycles. The molecule has 6 rings (SSSR count). The summed E-state index contributed by atoms with van der Waals surface area (Å²) in [7, 11) is 0. The Morgan fingerprint density at radius 2 is 1.75 bits per heavy atom. The Hall–Kier alpha value is -4.18. The van der Waals surface area contributed by atoms with Crippen molar-refractivity contribution in [2.45, 2.75) is 0 Å². The van der Waals surface area contributed by atoms with Gasteiger partial charge in [0.25, 0.3) is 11.5 Å². The summed E-state index contributed by atoms with van der Waals surface area (Å²) in [5.74, 6) is 0.651. The molecule has 0 N–H and O–H groups in total. The highest BCUT2D eigenvalue weighted by Crippen LogP contribution is 2.34. The summed E-state index contributed by atoms with van der Waals surface area (Å²) in [6, 6.07) is 19.6. The lowest BCUT2D eigenvalue weighted by Gasteiger charge is -2.26. The van der Waals surface area contributed by atoms with Gasteiger partial charge in [0.2, 0.25) is 5.82 Å². The van der Waals surface area contributed by atoms with E-state index in [2.05, 4.69) is 10.1 Å². The first kappa shape index (κ1) is 26.1. The Morgan fingerprint density at radius 1 is 1.02 bits per heavy atom. The molecule has 0 radical (unpaired) electrons. The summed E-state index contributed by atoms with van der Waals surface area (Å²) in [5.41, 5.74) is 1.33. The summed E-state index contributed by atoms with van der Waals surface area (Å²) in [6.07, 6.45) is 1.45. The zero-order valence-corrected chi connectivity index (χ0v) is 22.6. The second-order valence-electron chi connectivity index (χ2n) is 9.06. The van der Waals surface area contributed by atoms with Gasteiger partial charge < -0.3 is 18.8 Å². The monoisotopic (exact) mass is 576 g/mol. The molecule has 9 nitrogen and oxygen atoms in total. The second-order valence-corrected chi connectivity index (χ2v) is 9.87. The van der Waals surface area contributed by atoms with Gasteiger partial charge in [-0.3, -0.25) is 9.59 Å². The first-order valence-electron chi connectivity index (χ1n) is 12.5. The van der Waals surface area contributed by atoms with Gasteiger partial charge in [-0.15, -0.1) is 0 Å². The van der Waals surface area contributed by atoms with Crippen LogP contribution in [0.3, 0.4) is 0 Å². The maximum absolute atomic E-state index is 13.5. The standard InChI is InChI=1S/C29H22Cl2N4O5/c30-21-13-18(14-22(31)27(21)39-17-26(36)34-9-11-38-12-10-34)16-32-35-28(25-15-19-5-1-4-8-24(19)40-25)33-23-7-3-2-6-20(23)29(35)37/h1-8,13-16H,9-12,17H2. The topological polar surface area (TPSA) is 99.2 Å². The molecule has 1 aliphatic rings. The van der Waals surface area contributed by atoms with Gasteiger partial charge in [0, 0.05) is 18.5 Å². The van der Waals surface area contributed by atoms with Crippen LogP contribution in [0.5, 0.6) is 5.75 Å². The molecule has 0 aliphatic carbocycles. The molecular formula is C29H22Cl2N4O5. The number of carbonyl (C=O) groups excluding carboxylic acids is 1. The van der Waals surface area contributed by atoms with Gasteiger partial charge in [-0.2, -0.15) is 9.78 Å². The molecule has 0 bridgehead atoms. The number of hydrogen-bond donors (Lipinski definition) is 0. The Labute approximate surface area is 238 Å². The summed E-state index contributed by atoms with van der Waals surface area (Å²) in [5, 5.41) is 6.12. The predicted octanol–water partition coefficient (Wildman–Crippen LogP) is 5.24. The van der Waals surface area contributed by atoms with E-state index >= 15 is 0 Å². The number of carbonyl (C=O) groups is 1. The minimum atomic E-state index is -0.365. The molecule has 3 heterocycles. The number of fused-ring (bicyclic) bond motifs is 2. The normalized spacial score (nSPS) is 13.9. The number of halogens is 2. The van der Waals surface area contributed by atoms with E-state index in [0.29, 0.717) is 54.1 Å². The lowest BCUT2D eigenvalue weighted by atomic mass is 10.2. The van der Waals surface area contributed by atoms with Crippen molar-refractivity contribution in [2.24, 2.45) is 5.10 Å². The van der Waals surface area contributed by atoms with Crippen LogP contribution in [-0.2, 0) is 9.53 Å². The van der Waals surface area contributed by atoms with Crippen LogP contribution in [0.1, 0.15) is 5.56 Å². The number of para-hydroxylation sites is 2. The van der Waals surface area contributed by atoms with E-state index < -0.39 is 0 Å². The molecule has 2 aromatic heterocycles. The SMILES string of the molecule is O=C(COc1c(Cl)cc(C=Nn2c(-c3cc4ccccc4o3)nc3ccccc3c2=O)cc1Cl)N1CCOCC1. The van der Waals surface area contributed by atoms with Crippen LogP contribution in [0, 0.1) is 0 Å². The van der Waals surface area contributed by atoms with E-state index in [1.807, 2.05) is 36.4 Å². The number of aromatic nitrogens is 2. The molecule has 5 aromatic rings. The fourth-order valence-electron chi connectivity index (χ4n) is 4.44. The summed E-state index contributed by atoms with van der Waals surface area (Å²) in [4.78, 5) is 32.3. The zero-order valence-electron chi connectivity index (χ0n) is 21.0. The molecule has 11 heteroatoms. The molecule has 0 atom stereocenters. The van der Waals surface area contributed by atoms with Gasteiger partial charge >= 0.3 is 0 Å². The molecule has 1 amide bonds. The molecule has 1 aliphatic heterocycles. The molecule has 0 spiro atoms. The van der Waals surface area contributed by atoms with Crippen molar-refractivity contribution in [1.29, 1.82) is 0 Å². The number of hydrogen-bond acceptors (Lipinski definition) is 7. The van der Waals surface area contributed by atoms with E-state index in [1.54, 1.807) is 35.2 Å². The summed E-state index contributed by atoms with van der Waals surface area (Å²) in [6.45, 7) is 1.81. The molecule has 202 valence electrons. The maximum atomic E-state index is 13.5. The van der Waals surface area contributed by atoms with Crippen molar-refractivity contribution in [1.82, 2.24) is 14.6 Å². The number of nitrogens with zero attached hydrogens (tertiary/aromatic N) is 4. The average Bonchev–Trinajstić information content (AvgIpc) is 3.41. The van der Waals surface area contributed by atoms with Crippen LogP contribution < -0.4 is 10.3 Å². The van der Waals surface area contributed by atoms with Crippen LogP contribution in [0.4, 0.5) is 0 Å². The number of ether oxygens (including phenoxy) is 2. The van der Waals surface area contributed by atoms with Crippen LogP contribution in [0.25, 0.3) is 33.5 Å². The Bertz CT molecular complexity index is 1770. The number of benzene rings is 3. The van der Waals surface area contributed by atoms with E-state index in [0.717, 1.165) is 5.39 Å². The average molecular weight is 577 g/mol. The Kier molecular flexibility index (Phi) is 7.25. The molecule has 0 unspecified atom stereocenters. The third-order valence-corrected chi connectivity index (χ3v) is 7.01. The third-order valence-electron chi connectivity index (χ3n) is 6.45. The van der Waals surface area contributed by atoms with Gasteiger partial charge in [0.1, 0.15) is 5.58 Å². The second kappa shape index (κ2) is 11.1. The van der Waals surface area contributed by atoms with Crippen LogP contribution >= 0.6 is 23.2 Å². The van der Waals surface area contributed by atoms with E-state index in [1.165, 1.54) is 10.9 Å². The van der Waals surface area contributed by atoms with E-state index in [9.17, 15) is 9.59 Å². The third kappa shape index (κ3) is 5.19. The van der Waals surface area contributed by atoms with Crippen LogP contribution in [0.15, 0.2) is 81.0 Å². The van der Waals surface area contributed by atoms with Gasteiger partial charge in [-0.05, 0) is 42.0 Å². The molecule has 40 heavy (non-hydrogen) atoms. The number of furan rings is 1. The quantitative estimate of drug-likeness (QED) is 0.256. The fraction of sp³-hybridized carbons (Fsp3) is 0.172. The van der Waals surface area contributed by atoms with Crippen LogP contribution in [0.2, 0.25) is 10.0 Å². The molecular weight excluding hydrogens is 555 g/mol. The zero-order chi connectivity index (χ0) is 27.6. The maximum Gasteiger partial charge on any atom is 0.282 e. The van der Waals surface area contributed by atoms with Gasteiger partial charge in [0.15, 0.2) is 18.1 Å². The highest BCUT2D eigenvalue weighted by atomic mass is 35.5. The lowest BCUT2D eigenvalue weighted by molar-refractivity contribution is -0.137. The molecule has 1 fully saturated rings. The number of rotatable bonds is 6. The summed E-state index contributed by atoms with van der Waals surface area (Å²) < 4.78 is 18.1. The Morgan fingerprint density at radius 3 is 2.52 bits per heavy atom.